The van der Waals surface area contributed by atoms with Crippen LogP contribution in [-0.4, -0.2) is 22.0 Å². The van der Waals surface area contributed by atoms with Crippen LogP contribution in [0.5, 0.6) is 5.75 Å². The molecule has 0 unspecified atom stereocenters. The molecule has 3 aromatic rings. The fourth-order valence-electron chi connectivity index (χ4n) is 3.46. The molecule has 1 saturated heterocycles. The zero-order chi connectivity index (χ0) is 19.5. The topological polar surface area (TPSA) is 40.5 Å². The number of carbonyl (C=O) groups is 1. The number of hydrogen-bond donors (Lipinski definition) is 1. The Morgan fingerprint density at radius 2 is 1.61 bits per heavy atom. The van der Waals surface area contributed by atoms with Crippen molar-refractivity contribution in [2.45, 2.75) is 17.7 Å². The van der Waals surface area contributed by atoms with Gasteiger partial charge in [0.05, 0.1) is 6.04 Å². The molecular formula is C23H20FNO2S. The molecule has 3 nitrogen and oxygen atoms in total. The first kappa shape index (κ1) is 18.6. The third-order valence-electron chi connectivity index (χ3n) is 4.92. The molecule has 1 N–H and O–H groups in total. The first-order valence-corrected chi connectivity index (χ1v) is 10.2. The molecule has 0 aromatic heterocycles. The maximum absolute atomic E-state index is 13.3. The van der Waals surface area contributed by atoms with E-state index in [4.69, 9.17) is 0 Å². The molecule has 4 rings (SSSR count). The molecule has 2 atom stereocenters. The maximum Gasteiger partial charge on any atom is 0.243 e. The van der Waals surface area contributed by atoms with Crippen molar-refractivity contribution in [2.24, 2.45) is 0 Å². The molecule has 28 heavy (non-hydrogen) atoms. The SMILES string of the molecule is O=C1[C@@H](SCCc2ccccc2)[C@@H](c2ccc(O)cc2)N1c1ccc(F)cc1. The molecule has 0 spiro atoms. The van der Waals surface area contributed by atoms with Crippen molar-refractivity contribution in [2.75, 3.05) is 10.7 Å². The number of β-lactam (4-membered cyclic amide) rings is 1. The summed E-state index contributed by atoms with van der Waals surface area (Å²) in [5.74, 6) is 0.733. The van der Waals surface area contributed by atoms with E-state index in [9.17, 15) is 14.3 Å². The van der Waals surface area contributed by atoms with E-state index in [1.807, 2.05) is 30.3 Å². The summed E-state index contributed by atoms with van der Waals surface area (Å²) in [7, 11) is 0. The van der Waals surface area contributed by atoms with Gasteiger partial charge in [0.2, 0.25) is 5.91 Å². The number of nitrogens with zero attached hydrogens (tertiary/aromatic N) is 1. The highest BCUT2D eigenvalue weighted by Gasteiger charge is 2.49. The van der Waals surface area contributed by atoms with Gasteiger partial charge in [0.1, 0.15) is 16.8 Å². The Labute approximate surface area is 167 Å². The highest BCUT2D eigenvalue weighted by atomic mass is 32.2. The van der Waals surface area contributed by atoms with Crippen molar-refractivity contribution in [3.05, 3.63) is 95.8 Å². The van der Waals surface area contributed by atoms with Gasteiger partial charge in [0.15, 0.2) is 0 Å². The summed E-state index contributed by atoms with van der Waals surface area (Å²) in [6, 6.07) is 23.0. The monoisotopic (exact) mass is 393 g/mol. The molecule has 0 radical (unpaired) electrons. The van der Waals surface area contributed by atoms with Crippen molar-refractivity contribution < 1.29 is 14.3 Å². The second-order valence-electron chi connectivity index (χ2n) is 6.75. The van der Waals surface area contributed by atoms with E-state index < -0.39 is 0 Å². The van der Waals surface area contributed by atoms with E-state index >= 15 is 0 Å². The molecule has 1 aliphatic rings. The normalized spacial score (nSPS) is 18.8. The number of carbonyl (C=O) groups excluding carboxylic acids is 1. The number of rotatable bonds is 6. The molecule has 1 aliphatic heterocycles. The Bertz CT molecular complexity index is 945. The van der Waals surface area contributed by atoms with E-state index in [2.05, 4.69) is 12.1 Å². The molecule has 1 fully saturated rings. The van der Waals surface area contributed by atoms with E-state index in [1.54, 1.807) is 40.9 Å². The van der Waals surface area contributed by atoms with Crippen LogP contribution in [0.1, 0.15) is 17.2 Å². The van der Waals surface area contributed by atoms with Gasteiger partial charge in [-0.1, -0.05) is 42.5 Å². The van der Waals surface area contributed by atoms with Crippen LogP contribution in [0.4, 0.5) is 10.1 Å². The largest absolute Gasteiger partial charge is 0.508 e. The Morgan fingerprint density at radius 1 is 0.929 bits per heavy atom. The molecular weight excluding hydrogens is 373 g/mol. The van der Waals surface area contributed by atoms with Gasteiger partial charge in [0, 0.05) is 5.69 Å². The Morgan fingerprint density at radius 3 is 2.29 bits per heavy atom. The maximum atomic E-state index is 13.3. The summed E-state index contributed by atoms with van der Waals surface area (Å²) in [6.45, 7) is 0. The number of phenolic OH excluding ortho intramolecular Hbond substituents is 1. The molecule has 0 saturated carbocycles. The fraction of sp³-hybridized carbons (Fsp3) is 0.174. The fourth-order valence-corrected chi connectivity index (χ4v) is 4.78. The first-order valence-electron chi connectivity index (χ1n) is 9.16. The first-order chi connectivity index (χ1) is 13.6. The number of amides is 1. The average Bonchev–Trinajstić information content (AvgIpc) is 2.72. The number of benzene rings is 3. The molecule has 0 aliphatic carbocycles. The zero-order valence-electron chi connectivity index (χ0n) is 15.2. The second kappa shape index (κ2) is 8.07. The minimum atomic E-state index is -0.327. The number of aryl methyl sites for hydroxylation is 1. The Hall–Kier alpha value is -2.79. The van der Waals surface area contributed by atoms with Gasteiger partial charge in [-0.25, -0.2) is 4.39 Å². The number of thioether (sulfide) groups is 1. The summed E-state index contributed by atoms with van der Waals surface area (Å²) in [5, 5.41) is 9.40. The van der Waals surface area contributed by atoms with E-state index in [-0.39, 0.29) is 28.8 Å². The van der Waals surface area contributed by atoms with Crippen LogP contribution < -0.4 is 4.90 Å². The average molecular weight is 393 g/mol. The standard InChI is InChI=1S/C23H20FNO2S/c24-18-8-10-19(11-9-18)25-21(17-6-12-20(26)13-7-17)22(23(25)27)28-15-14-16-4-2-1-3-5-16/h1-13,21-22,26H,14-15H2/t21-,22+/m1/s1. The quantitative estimate of drug-likeness (QED) is 0.602. The van der Waals surface area contributed by atoms with Gasteiger partial charge >= 0.3 is 0 Å². The molecule has 142 valence electrons. The van der Waals surface area contributed by atoms with Gasteiger partial charge in [0.25, 0.3) is 0 Å². The number of phenols is 1. The van der Waals surface area contributed by atoms with Crippen molar-refractivity contribution in [1.82, 2.24) is 0 Å². The van der Waals surface area contributed by atoms with Gasteiger partial charge in [-0.2, -0.15) is 0 Å². The summed E-state index contributed by atoms with van der Waals surface area (Å²) >= 11 is 1.65. The summed E-state index contributed by atoms with van der Waals surface area (Å²) in [4.78, 5) is 14.6. The number of hydrogen-bond acceptors (Lipinski definition) is 3. The third kappa shape index (κ3) is 3.76. The predicted octanol–water partition coefficient (Wildman–Crippen LogP) is 4.96. The molecule has 0 bridgehead atoms. The van der Waals surface area contributed by atoms with Crippen LogP contribution >= 0.6 is 11.8 Å². The second-order valence-corrected chi connectivity index (χ2v) is 8.00. The van der Waals surface area contributed by atoms with Crippen molar-refractivity contribution in [3.8, 4) is 5.75 Å². The van der Waals surface area contributed by atoms with Gasteiger partial charge in [-0.05, 0) is 59.7 Å². The Balaban J connectivity index is 1.53. The predicted molar refractivity (Wildman–Crippen MR) is 111 cm³/mol. The minimum absolute atomic E-state index is 0.0303. The third-order valence-corrected chi connectivity index (χ3v) is 6.17. The van der Waals surface area contributed by atoms with Crippen LogP contribution in [0.3, 0.4) is 0 Å². The summed E-state index contributed by atoms with van der Waals surface area (Å²) < 4.78 is 13.3. The molecule has 3 aromatic carbocycles. The van der Waals surface area contributed by atoms with E-state index in [1.165, 1.54) is 17.7 Å². The molecule has 1 heterocycles. The van der Waals surface area contributed by atoms with E-state index in [0.717, 1.165) is 17.7 Å². The van der Waals surface area contributed by atoms with Crippen LogP contribution in [0.2, 0.25) is 0 Å². The van der Waals surface area contributed by atoms with Crippen molar-refractivity contribution >= 4 is 23.4 Å². The molecule has 1 amide bonds. The van der Waals surface area contributed by atoms with Crippen LogP contribution in [-0.2, 0) is 11.2 Å². The Kier molecular flexibility index (Phi) is 5.35. The summed E-state index contributed by atoms with van der Waals surface area (Å²) in [6.07, 6.45) is 0.897. The lowest BCUT2D eigenvalue weighted by Crippen LogP contribution is -2.57. The highest BCUT2D eigenvalue weighted by molar-refractivity contribution is 8.00. The lowest BCUT2D eigenvalue weighted by Gasteiger charge is -2.47. The van der Waals surface area contributed by atoms with Crippen LogP contribution in [0.25, 0.3) is 0 Å². The van der Waals surface area contributed by atoms with Gasteiger partial charge in [-0.3, -0.25) is 4.79 Å². The van der Waals surface area contributed by atoms with Gasteiger partial charge in [-0.15, -0.1) is 11.8 Å². The van der Waals surface area contributed by atoms with Crippen molar-refractivity contribution in [1.29, 1.82) is 0 Å². The van der Waals surface area contributed by atoms with Crippen molar-refractivity contribution in [3.63, 3.8) is 0 Å². The zero-order valence-corrected chi connectivity index (χ0v) is 16.0. The number of aromatic hydroxyl groups is 1. The highest BCUT2D eigenvalue weighted by Crippen LogP contribution is 2.45. The molecule has 5 heteroatoms. The lowest BCUT2D eigenvalue weighted by atomic mass is 9.92. The number of halogens is 1. The lowest BCUT2D eigenvalue weighted by molar-refractivity contribution is -0.123. The number of anilines is 1. The van der Waals surface area contributed by atoms with E-state index in [0.29, 0.717) is 5.69 Å². The van der Waals surface area contributed by atoms with Crippen LogP contribution in [0, 0.1) is 5.82 Å². The van der Waals surface area contributed by atoms with Gasteiger partial charge < -0.3 is 10.0 Å². The minimum Gasteiger partial charge on any atom is -0.508 e. The smallest absolute Gasteiger partial charge is 0.243 e. The van der Waals surface area contributed by atoms with Crippen LogP contribution in [0.15, 0.2) is 78.9 Å². The summed E-state index contributed by atoms with van der Waals surface area (Å²) in [5.41, 5.74) is 2.89.